The van der Waals surface area contributed by atoms with E-state index in [4.69, 9.17) is 4.43 Å². The summed E-state index contributed by atoms with van der Waals surface area (Å²) in [6.07, 6.45) is 0. The van der Waals surface area contributed by atoms with Gasteiger partial charge in [-0.2, -0.15) is 0 Å². The third-order valence-electron chi connectivity index (χ3n) is 8.13. The minimum absolute atomic E-state index is 0.183. The fourth-order valence-corrected chi connectivity index (χ4v) is 31.3. The highest BCUT2D eigenvalue weighted by Crippen LogP contribution is 2.48. The van der Waals surface area contributed by atoms with Crippen LogP contribution in [0.25, 0.3) is 0 Å². The SMILES string of the molecule is CC(C)[Si](Oc1cccc(C(C)(C)C)[si]1[Si](C(C)C)(C(C)C)C(C)C)(C(C)C)C(C)C. The second kappa shape index (κ2) is 10.4. The molecule has 1 heterocycles. The summed E-state index contributed by atoms with van der Waals surface area (Å²) in [5, 5.41) is 3.12. The van der Waals surface area contributed by atoms with Gasteiger partial charge in [-0.15, -0.1) is 0 Å². The molecular formula is C27H54OSi3. The third-order valence-corrected chi connectivity index (χ3v) is 32.5. The molecule has 0 aliphatic carbocycles. The largest absolute Gasteiger partial charge is 0.547 e. The Kier molecular flexibility index (Phi) is 9.65. The second-order valence-electron chi connectivity index (χ2n) is 12.7. The van der Waals surface area contributed by atoms with Gasteiger partial charge in [0.05, 0.1) is 20.9 Å². The lowest BCUT2D eigenvalue weighted by atomic mass is 9.95. The van der Waals surface area contributed by atoms with Gasteiger partial charge in [-0.1, -0.05) is 121 Å². The van der Waals surface area contributed by atoms with Crippen LogP contribution in [-0.4, -0.2) is 23.8 Å². The van der Waals surface area contributed by atoms with Crippen molar-refractivity contribution >= 4 is 23.8 Å². The smallest absolute Gasteiger partial charge is 0.258 e. The Morgan fingerprint density at radius 1 is 0.645 bits per heavy atom. The zero-order chi connectivity index (χ0) is 24.5. The first kappa shape index (κ1) is 28.8. The molecule has 1 nitrogen and oxygen atoms in total. The maximum absolute atomic E-state index is 7.57. The molecule has 1 aromatic rings. The maximum Gasteiger partial charge on any atom is 0.258 e. The van der Waals surface area contributed by atoms with E-state index in [-0.39, 0.29) is 5.41 Å². The minimum Gasteiger partial charge on any atom is -0.547 e. The van der Waals surface area contributed by atoms with Crippen LogP contribution in [0.2, 0.25) is 33.2 Å². The lowest BCUT2D eigenvalue weighted by molar-refractivity contribution is 0.487. The van der Waals surface area contributed by atoms with E-state index in [1.54, 1.807) is 5.17 Å². The Balaban J connectivity index is 4.12. The summed E-state index contributed by atoms with van der Waals surface area (Å²) in [5.41, 5.74) is 4.22. The van der Waals surface area contributed by atoms with Gasteiger partial charge in [-0.25, -0.2) is 0 Å². The molecule has 0 N–H and O–H groups in total. The first-order valence-corrected chi connectivity index (χ1v) is 19.7. The number of hydrogen-bond donors (Lipinski definition) is 0. The van der Waals surface area contributed by atoms with Gasteiger partial charge < -0.3 is 4.43 Å². The predicted octanol–water partition coefficient (Wildman–Crippen LogP) is 9.59. The van der Waals surface area contributed by atoms with E-state index in [0.29, 0.717) is 16.6 Å². The molecule has 0 aliphatic rings. The van der Waals surface area contributed by atoms with Crippen molar-refractivity contribution in [3.63, 3.8) is 0 Å². The van der Waals surface area contributed by atoms with Crippen molar-refractivity contribution in [2.24, 2.45) is 0 Å². The molecule has 1 aromatic heterocycles. The molecule has 1 rings (SSSR count). The van der Waals surface area contributed by atoms with Crippen LogP contribution in [0.1, 0.15) is 109 Å². The van der Waals surface area contributed by atoms with Crippen molar-refractivity contribution in [2.75, 3.05) is 0 Å². The summed E-state index contributed by atoms with van der Waals surface area (Å²) in [4.78, 5) is 0. The van der Waals surface area contributed by atoms with Gasteiger partial charge in [0.25, 0.3) is 8.32 Å². The molecule has 0 saturated heterocycles. The summed E-state index contributed by atoms with van der Waals surface area (Å²) < 4.78 is 7.57. The Labute approximate surface area is 199 Å². The molecule has 0 bridgehead atoms. The quantitative estimate of drug-likeness (QED) is 0.321. The van der Waals surface area contributed by atoms with Crippen LogP contribution in [0.3, 0.4) is 0 Å². The summed E-state index contributed by atoms with van der Waals surface area (Å²) in [6.45, 7) is 37.0. The topological polar surface area (TPSA) is 9.23 Å². The van der Waals surface area contributed by atoms with Gasteiger partial charge in [-0.05, 0) is 44.7 Å². The van der Waals surface area contributed by atoms with Crippen LogP contribution in [0.4, 0.5) is 0 Å². The highest BCUT2D eigenvalue weighted by atomic mass is 29.2. The molecule has 0 aromatic carbocycles. The Morgan fingerprint density at radius 2 is 1.03 bits per heavy atom. The molecule has 0 fully saturated rings. The molecule has 180 valence electrons. The normalized spacial score (nSPS) is 14.1. The van der Waals surface area contributed by atoms with E-state index in [0.717, 1.165) is 16.6 Å². The Morgan fingerprint density at radius 3 is 1.32 bits per heavy atom. The van der Waals surface area contributed by atoms with Crippen LogP contribution < -0.4 is 4.43 Å². The van der Waals surface area contributed by atoms with Crippen molar-refractivity contribution in [3.05, 3.63) is 23.4 Å². The van der Waals surface area contributed by atoms with Crippen LogP contribution in [0, 0.1) is 0 Å². The van der Waals surface area contributed by atoms with E-state index in [9.17, 15) is 0 Å². The van der Waals surface area contributed by atoms with Crippen LogP contribution in [0.5, 0.6) is 5.36 Å². The molecule has 31 heavy (non-hydrogen) atoms. The zero-order valence-electron chi connectivity index (χ0n) is 23.6. The van der Waals surface area contributed by atoms with Crippen molar-refractivity contribution in [2.45, 2.75) is 143 Å². The van der Waals surface area contributed by atoms with E-state index >= 15 is 0 Å². The van der Waals surface area contributed by atoms with E-state index in [2.05, 4.69) is 122 Å². The van der Waals surface area contributed by atoms with Crippen LogP contribution >= 0.6 is 0 Å². The van der Waals surface area contributed by atoms with Gasteiger partial charge in [0.1, 0.15) is 0 Å². The molecule has 0 amide bonds. The fraction of sp³-hybridized carbons (Fsp3) is 0.815. The molecule has 0 unspecified atom stereocenters. The first-order valence-electron chi connectivity index (χ1n) is 12.8. The fourth-order valence-electron chi connectivity index (χ4n) is 7.10. The maximum atomic E-state index is 7.57. The van der Waals surface area contributed by atoms with E-state index < -0.39 is 23.8 Å². The Hall–Kier alpha value is -0.199. The molecule has 4 heteroatoms. The summed E-state index contributed by atoms with van der Waals surface area (Å²) in [6, 6.07) is 7.21. The zero-order valence-corrected chi connectivity index (χ0v) is 26.6. The number of hydrogen-bond acceptors (Lipinski definition) is 1. The van der Waals surface area contributed by atoms with Crippen molar-refractivity contribution in [1.82, 2.24) is 0 Å². The van der Waals surface area contributed by atoms with Crippen LogP contribution in [0.15, 0.2) is 18.2 Å². The molecule has 0 aliphatic heterocycles. The monoisotopic (exact) mass is 478 g/mol. The minimum atomic E-state index is -2.00. The lowest BCUT2D eigenvalue weighted by Gasteiger charge is -2.49. The molecular weight excluding hydrogens is 425 g/mol. The van der Waals surface area contributed by atoms with Gasteiger partial charge in [0.2, 0.25) is 0 Å². The van der Waals surface area contributed by atoms with E-state index in [1.807, 2.05) is 0 Å². The van der Waals surface area contributed by atoms with Gasteiger partial charge >= 0.3 is 0 Å². The highest BCUT2D eigenvalue weighted by Gasteiger charge is 2.52. The van der Waals surface area contributed by atoms with Gasteiger partial charge in [-0.3, -0.25) is 0 Å². The van der Waals surface area contributed by atoms with Crippen LogP contribution in [-0.2, 0) is 5.41 Å². The van der Waals surface area contributed by atoms with Gasteiger partial charge in [0, 0.05) is 0 Å². The third kappa shape index (κ3) is 5.16. The van der Waals surface area contributed by atoms with Crippen molar-refractivity contribution in [1.29, 1.82) is 0 Å². The number of rotatable bonds is 9. The van der Waals surface area contributed by atoms with Gasteiger partial charge in [0.15, 0.2) is 0 Å². The molecule has 0 radical (unpaired) electrons. The summed E-state index contributed by atoms with van der Waals surface area (Å²) in [5.74, 6) is 0. The predicted molar refractivity (Wildman–Crippen MR) is 149 cm³/mol. The average Bonchev–Trinajstić information content (AvgIpc) is 2.57. The first-order chi connectivity index (χ1) is 14.0. The highest BCUT2D eigenvalue weighted by molar-refractivity contribution is 7.33. The summed E-state index contributed by atoms with van der Waals surface area (Å²) in [7, 11) is -4.69. The summed E-state index contributed by atoms with van der Waals surface area (Å²) >= 11 is 0. The molecule has 0 atom stereocenters. The lowest BCUT2D eigenvalue weighted by Crippen LogP contribution is -2.57. The Bertz CT molecular complexity index is 668. The van der Waals surface area contributed by atoms with Crippen molar-refractivity contribution in [3.8, 4) is 5.36 Å². The molecule has 0 spiro atoms. The average molecular weight is 479 g/mol. The van der Waals surface area contributed by atoms with E-state index in [1.165, 1.54) is 5.36 Å². The standard InChI is InChI=1S/C27H54OSi3/c1-19(2)30(20(3)4,21(5)6)28-26-18-16-17-25(27(13,14)15)29(26)31(22(7)8,23(9)10)24(11)12/h16-24H,1-15H3. The van der Waals surface area contributed by atoms with Crippen molar-refractivity contribution < 1.29 is 4.43 Å². The molecule has 0 saturated carbocycles. The second-order valence-corrected chi connectivity index (χ2v) is 29.3.